The first-order valence-electron chi connectivity index (χ1n) is 8.16. The number of rotatable bonds is 5. The lowest BCUT2D eigenvalue weighted by molar-refractivity contribution is -0.116. The van der Waals surface area contributed by atoms with Crippen molar-refractivity contribution in [2.75, 3.05) is 17.8 Å². The Balaban J connectivity index is 1.59. The van der Waals surface area contributed by atoms with Crippen LogP contribution in [0.2, 0.25) is 0 Å². The largest absolute Gasteiger partial charge is 0.465 e. The Labute approximate surface area is 151 Å². The Morgan fingerprint density at radius 3 is 2.88 bits per heavy atom. The van der Waals surface area contributed by atoms with Gasteiger partial charge in [-0.3, -0.25) is 4.79 Å². The van der Waals surface area contributed by atoms with E-state index in [4.69, 9.17) is 9.15 Å². The van der Waals surface area contributed by atoms with Crippen LogP contribution < -0.4 is 4.90 Å². The molecule has 3 rings (SSSR count). The molecule has 0 aliphatic carbocycles. The number of aryl methyl sites for hydroxylation is 1. The predicted octanol–water partition coefficient (Wildman–Crippen LogP) is 3.59. The van der Waals surface area contributed by atoms with Gasteiger partial charge in [0.2, 0.25) is 5.91 Å². The Kier molecular flexibility index (Phi) is 5.18. The molecule has 0 fully saturated rings. The number of carbonyl (C=O) groups is 2. The molecule has 0 bridgehead atoms. The molecule has 1 atom stereocenters. The number of methoxy groups -OCH3 is 1. The number of para-hydroxylation sites is 1. The summed E-state index contributed by atoms with van der Waals surface area (Å²) in [6.45, 7) is 3.80. The summed E-state index contributed by atoms with van der Waals surface area (Å²) in [5.41, 5.74) is 2.67. The molecule has 25 heavy (non-hydrogen) atoms. The van der Waals surface area contributed by atoms with Crippen LogP contribution in [-0.2, 0) is 21.7 Å². The fraction of sp³-hybridized carbons (Fsp3) is 0.368. The van der Waals surface area contributed by atoms with E-state index in [-0.39, 0.29) is 11.9 Å². The first kappa shape index (κ1) is 17.6. The molecular weight excluding hydrogens is 338 g/mol. The topological polar surface area (TPSA) is 59.8 Å². The van der Waals surface area contributed by atoms with Crippen LogP contribution >= 0.6 is 11.8 Å². The minimum atomic E-state index is -0.406. The van der Waals surface area contributed by atoms with E-state index >= 15 is 0 Å². The number of thioether (sulfide) groups is 1. The summed E-state index contributed by atoms with van der Waals surface area (Å²) in [6, 6.07) is 9.91. The normalized spacial score (nSPS) is 16.0. The summed E-state index contributed by atoms with van der Waals surface area (Å²) in [5, 5.41) is 0. The zero-order valence-corrected chi connectivity index (χ0v) is 15.4. The van der Waals surface area contributed by atoms with Crippen molar-refractivity contribution < 1.29 is 18.7 Å². The molecule has 1 aromatic heterocycles. The molecular formula is C19H21NO4S. The molecule has 6 heteroatoms. The predicted molar refractivity (Wildman–Crippen MR) is 98.0 cm³/mol. The van der Waals surface area contributed by atoms with E-state index in [0.29, 0.717) is 28.6 Å². The Bertz CT molecular complexity index is 798. The van der Waals surface area contributed by atoms with E-state index in [9.17, 15) is 9.59 Å². The van der Waals surface area contributed by atoms with Crippen LogP contribution in [0.1, 0.15) is 34.4 Å². The lowest BCUT2D eigenvalue weighted by atomic mass is 10.1. The second-order valence-electron chi connectivity index (χ2n) is 6.11. The number of benzene rings is 1. The quantitative estimate of drug-likeness (QED) is 0.764. The van der Waals surface area contributed by atoms with Gasteiger partial charge in [-0.2, -0.15) is 0 Å². The highest BCUT2D eigenvalue weighted by Crippen LogP contribution is 2.32. The number of anilines is 1. The molecule has 0 radical (unpaired) electrons. The number of fused-ring (bicyclic) bond motifs is 1. The maximum atomic E-state index is 12.6. The third-order valence-electron chi connectivity index (χ3n) is 4.32. The van der Waals surface area contributed by atoms with Crippen LogP contribution in [0.15, 0.2) is 34.7 Å². The molecule has 0 saturated heterocycles. The maximum Gasteiger partial charge on any atom is 0.341 e. The van der Waals surface area contributed by atoms with Gasteiger partial charge in [-0.25, -0.2) is 4.79 Å². The maximum absolute atomic E-state index is 12.6. The zero-order valence-electron chi connectivity index (χ0n) is 14.6. The minimum Gasteiger partial charge on any atom is -0.465 e. The molecule has 1 aliphatic heterocycles. The van der Waals surface area contributed by atoms with Crippen LogP contribution in [0.25, 0.3) is 0 Å². The highest BCUT2D eigenvalue weighted by atomic mass is 32.2. The average Bonchev–Trinajstić information content (AvgIpc) is 3.13. The van der Waals surface area contributed by atoms with Gasteiger partial charge in [-0.1, -0.05) is 18.2 Å². The van der Waals surface area contributed by atoms with E-state index in [0.717, 1.165) is 12.1 Å². The summed E-state index contributed by atoms with van der Waals surface area (Å²) in [4.78, 5) is 26.1. The van der Waals surface area contributed by atoms with E-state index in [1.165, 1.54) is 24.4 Å². The highest BCUT2D eigenvalue weighted by molar-refractivity contribution is 7.99. The number of esters is 1. The average molecular weight is 359 g/mol. The van der Waals surface area contributed by atoms with Crippen LogP contribution in [0.3, 0.4) is 0 Å². The zero-order chi connectivity index (χ0) is 18.0. The van der Waals surface area contributed by atoms with Gasteiger partial charge >= 0.3 is 5.97 Å². The van der Waals surface area contributed by atoms with Gasteiger partial charge in [0.1, 0.15) is 17.1 Å². The molecule has 1 aromatic carbocycles. The fourth-order valence-corrected chi connectivity index (χ4v) is 3.94. The molecule has 2 heterocycles. The van der Waals surface area contributed by atoms with Gasteiger partial charge in [0, 0.05) is 11.7 Å². The SMILES string of the molecule is COC(=O)c1cc(CSCC(=O)N2c3ccccc3C[C@@H]2C)oc1C. The second kappa shape index (κ2) is 7.35. The van der Waals surface area contributed by atoms with Crippen LogP contribution in [-0.4, -0.2) is 30.8 Å². The van der Waals surface area contributed by atoms with Gasteiger partial charge in [-0.15, -0.1) is 11.8 Å². The van der Waals surface area contributed by atoms with Crippen molar-refractivity contribution in [1.82, 2.24) is 0 Å². The number of furan rings is 1. The van der Waals surface area contributed by atoms with Crippen molar-refractivity contribution in [3.8, 4) is 0 Å². The standard InChI is InChI=1S/C19H21NO4S/c1-12-8-14-6-4-5-7-17(14)20(12)18(21)11-25-10-15-9-16(13(2)24-15)19(22)23-3/h4-7,9,12H,8,10-11H2,1-3H3/t12-/m0/s1. The van der Waals surface area contributed by atoms with E-state index in [1.54, 1.807) is 13.0 Å². The van der Waals surface area contributed by atoms with Crippen molar-refractivity contribution >= 4 is 29.3 Å². The molecule has 1 amide bonds. The first-order valence-corrected chi connectivity index (χ1v) is 9.32. The molecule has 0 unspecified atom stereocenters. The van der Waals surface area contributed by atoms with Crippen LogP contribution in [0.5, 0.6) is 0 Å². The molecule has 0 spiro atoms. The first-order chi connectivity index (χ1) is 12.0. The summed E-state index contributed by atoms with van der Waals surface area (Å²) >= 11 is 1.48. The molecule has 0 N–H and O–H groups in total. The van der Waals surface area contributed by atoms with Crippen molar-refractivity contribution in [2.24, 2.45) is 0 Å². The van der Waals surface area contributed by atoms with E-state index in [2.05, 4.69) is 13.0 Å². The summed E-state index contributed by atoms with van der Waals surface area (Å²) in [7, 11) is 1.34. The van der Waals surface area contributed by atoms with Gasteiger partial charge in [-0.05, 0) is 38.0 Å². The van der Waals surface area contributed by atoms with Crippen molar-refractivity contribution in [3.63, 3.8) is 0 Å². The highest BCUT2D eigenvalue weighted by Gasteiger charge is 2.30. The van der Waals surface area contributed by atoms with Crippen LogP contribution in [0.4, 0.5) is 5.69 Å². The fourth-order valence-electron chi connectivity index (χ4n) is 3.18. The van der Waals surface area contributed by atoms with Gasteiger partial charge in [0.25, 0.3) is 0 Å². The van der Waals surface area contributed by atoms with E-state index < -0.39 is 5.97 Å². The monoisotopic (exact) mass is 359 g/mol. The smallest absolute Gasteiger partial charge is 0.341 e. The molecule has 132 valence electrons. The lowest BCUT2D eigenvalue weighted by Crippen LogP contribution is -2.37. The molecule has 2 aromatic rings. The van der Waals surface area contributed by atoms with Gasteiger partial charge < -0.3 is 14.1 Å². The Morgan fingerprint density at radius 1 is 1.36 bits per heavy atom. The molecule has 0 saturated carbocycles. The van der Waals surface area contributed by atoms with Crippen molar-refractivity contribution in [3.05, 3.63) is 53.0 Å². The minimum absolute atomic E-state index is 0.0962. The van der Waals surface area contributed by atoms with E-state index in [1.807, 2.05) is 23.1 Å². The van der Waals surface area contributed by atoms with Gasteiger partial charge in [0.05, 0.1) is 18.6 Å². The number of nitrogens with zero attached hydrogens (tertiary/aromatic N) is 1. The summed E-state index contributed by atoms with van der Waals surface area (Å²) in [6.07, 6.45) is 0.895. The Hall–Kier alpha value is -2.21. The second-order valence-corrected chi connectivity index (χ2v) is 7.10. The Morgan fingerprint density at radius 2 is 2.12 bits per heavy atom. The molecule has 5 nitrogen and oxygen atoms in total. The number of hydrogen-bond acceptors (Lipinski definition) is 5. The number of ether oxygens (including phenoxy) is 1. The third kappa shape index (κ3) is 3.58. The molecule has 1 aliphatic rings. The third-order valence-corrected chi connectivity index (χ3v) is 5.26. The van der Waals surface area contributed by atoms with Gasteiger partial charge in [0.15, 0.2) is 0 Å². The number of hydrogen-bond donors (Lipinski definition) is 0. The number of carbonyl (C=O) groups excluding carboxylic acids is 2. The lowest BCUT2D eigenvalue weighted by Gasteiger charge is -2.22. The summed E-state index contributed by atoms with van der Waals surface area (Å²) < 4.78 is 10.3. The van der Waals surface area contributed by atoms with Crippen molar-refractivity contribution in [1.29, 1.82) is 0 Å². The van der Waals surface area contributed by atoms with Crippen molar-refractivity contribution in [2.45, 2.75) is 32.1 Å². The van der Waals surface area contributed by atoms with Crippen LogP contribution in [0, 0.1) is 6.92 Å². The summed E-state index contributed by atoms with van der Waals surface area (Å²) in [5.74, 6) is 1.80. The number of amides is 1.